The van der Waals surface area contributed by atoms with Crippen LogP contribution in [0, 0.1) is 0 Å². The molecule has 0 bridgehead atoms. The van der Waals surface area contributed by atoms with E-state index in [4.69, 9.17) is 11.6 Å². The van der Waals surface area contributed by atoms with Crippen LogP contribution in [-0.4, -0.2) is 48.4 Å². The SMILES string of the molecule is O=C1Cc2cc(CCN3CCN(C4NSc5ccccc54)CC3)c(Cl)cc2N1. The molecule has 2 N–H and O–H groups in total. The number of halogens is 1. The maximum atomic E-state index is 11.6. The minimum Gasteiger partial charge on any atom is -0.325 e. The molecule has 0 spiro atoms. The molecule has 146 valence electrons. The molecule has 1 amide bonds. The van der Waals surface area contributed by atoms with E-state index in [0.29, 0.717) is 12.6 Å². The largest absolute Gasteiger partial charge is 0.325 e. The average Bonchev–Trinajstić information content (AvgIpc) is 3.29. The molecule has 0 saturated carbocycles. The first kappa shape index (κ1) is 18.5. The van der Waals surface area contributed by atoms with Crippen molar-refractivity contribution in [2.24, 2.45) is 0 Å². The number of nitrogens with zero attached hydrogens (tertiary/aromatic N) is 2. The maximum absolute atomic E-state index is 11.6. The molecule has 5 nitrogen and oxygen atoms in total. The molecule has 1 fully saturated rings. The van der Waals surface area contributed by atoms with Crippen molar-refractivity contribution >= 4 is 35.1 Å². The summed E-state index contributed by atoms with van der Waals surface area (Å²) in [5, 5.41) is 3.62. The van der Waals surface area contributed by atoms with Gasteiger partial charge < -0.3 is 10.2 Å². The van der Waals surface area contributed by atoms with Crippen LogP contribution in [-0.2, 0) is 17.6 Å². The van der Waals surface area contributed by atoms with E-state index in [1.165, 1.54) is 10.5 Å². The highest BCUT2D eigenvalue weighted by molar-refractivity contribution is 7.97. The van der Waals surface area contributed by atoms with Gasteiger partial charge in [-0.2, -0.15) is 0 Å². The third-order valence-corrected chi connectivity index (χ3v) is 7.15. The Hall–Kier alpha value is -1.57. The van der Waals surface area contributed by atoms with Gasteiger partial charge in [-0.3, -0.25) is 9.69 Å². The maximum Gasteiger partial charge on any atom is 0.228 e. The summed E-state index contributed by atoms with van der Waals surface area (Å²) in [5.74, 6) is 0.0552. The van der Waals surface area contributed by atoms with E-state index >= 15 is 0 Å². The highest BCUT2D eigenvalue weighted by atomic mass is 35.5. The van der Waals surface area contributed by atoms with Crippen LogP contribution in [0.5, 0.6) is 0 Å². The third-order valence-electron chi connectivity index (χ3n) is 5.86. The number of hydrogen-bond donors (Lipinski definition) is 2. The molecule has 2 aromatic rings. The normalized spacial score (nSPS) is 22.2. The molecular weight excluding hydrogens is 392 g/mol. The second-order valence-corrected chi connectivity index (χ2v) is 8.90. The summed E-state index contributed by atoms with van der Waals surface area (Å²) in [6.07, 6.45) is 1.70. The molecule has 7 heteroatoms. The lowest BCUT2D eigenvalue weighted by atomic mass is 10.1. The van der Waals surface area contributed by atoms with Gasteiger partial charge in [0.1, 0.15) is 0 Å². The number of benzene rings is 2. The van der Waals surface area contributed by atoms with Gasteiger partial charge in [-0.15, -0.1) is 0 Å². The number of nitrogens with one attached hydrogen (secondary N) is 2. The lowest BCUT2D eigenvalue weighted by molar-refractivity contribution is -0.115. The number of piperazine rings is 1. The lowest BCUT2D eigenvalue weighted by Gasteiger charge is -2.38. The minimum absolute atomic E-state index is 0.0552. The summed E-state index contributed by atoms with van der Waals surface area (Å²) in [6, 6.07) is 12.6. The molecule has 1 atom stereocenters. The van der Waals surface area contributed by atoms with Crippen molar-refractivity contribution in [2.75, 3.05) is 38.0 Å². The molecule has 1 unspecified atom stereocenters. The van der Waals surface area contributed by atoms with Crippen molar-refractivity contribution in [3.05, 3.63) is 58.1 Å². The predicted octanol–water partition coefficient (Wildman–Crippen LogP) is 3.30. The zero-order valence-electron chi connectivity index (χ0n) is 15.6. The minimum atomic E-state index is 0.0552. The predicted molar refractivity (Wildman–Crippen MR) is 114 cm³/mol. The van der Waals surface area contributed by atoms with E-state index in [1.54, 1.807) is 11.9 Å². The monoisotopic (exact) mass is 414 g/mol. The highest BCUT2D eigenvalue weighted by Crippen LogP contribution is 2.37. The molecule has 3 aliphatic heterocycles. The van der Waals surface area contributed by atoms with E-state index in [-0.39, 0.29) is 5.91 Å². The summed E-state index contributed by atoms with van der Waals surface area (Å²) in [7, 11) is 0. The summed E-state index contributed by atoms with van der Waals surface area (Å²) in [4.78, 5) is 18.0. The lowest BCUT2D eigenvalue weighted by Crippen LogP contribution is -2.49. The van der Waals surface area contributed by atoms with Crippen molar-refractivity contribution < 1.29 is 4.79 Å². The topological polar surface area (TPSA) is 47.6 Å². The van der Waals surface area contributed by atoms with Gasteiger partial charge in [0.15, 0.2) is 0 Å². The van der Waals surface area contributed by atoms with Crippen LogP contribution >= 0.6 is 23.5 Å². The molecule has 0 radical (unpaired) electrons. The Labute approximate surface area is 174 Å². The van der Waals surface area contributed by atoms with Crippen LogP contribution < -0.4 is 10.0 Å². The molecule has 28 heavy (non-hydrogen) atoms. The standard InChI is InChI=1S/C21H23ClN4OS/c22-17-13-18-15(12-20(27)23-18)11-14(17)5-6-25-7-9-26(10-8-25)21-16-3-1-2-4-19(16)28-24-21/h1-4,11,13,21,24H,5-10,12H2,(H,23,27). The Morgan fingerprint density at radius 2 is 1.96 bits per heavy atom. The van der Waals surface area contributed by atoms with Gasteiger partial charge >= 0.3 is 0 Å². The van der Waals surface area contributed by atoms with Crippen molar-refractivity contribution in [2.45, 2.75) is 23.9 Å². The van der Waals surface area contributed by atoms with E-state index in [0.717, 1.165) is 61.0 Å². The zero-order valence-corrected chi connectivity index (χ0v) is 17.2. The van der Waals surface area contributed by atoms with Crippen LogP contribution in [0.25, 0.3) is 0 Å². The summed E-state index contributed by atoms with van der Waals surface area (Å²) >= 11 is 8.18. The Morgan fingerprint density at radius 1 is 1.14 bits per heavy atom. The van der Waals surface area contributed by atoms with Crippen LogP contribution in [0.1, 0.15) is 22.9 Å². The average molecular weight is 415 g/mol. The number of carbonyl (C=O) groups is 1. The van der Waals surface area contributed by atoms with Crippen LogP contribution in [0.2, 0.25) is 5.02 Å². The Kier molecular flexibility index (Phi) is 5.07. The smallest absolute Gasteiger partial charge is 0.228 e. The molecular formula is C21H23ClN4OS. The molecule has 3 heterocycles. The fraction of sp³-hybridized carbons (Fsp3) is 0.381. The first-order chi connectivity index (χ1) is 13.7. The van der Waals surface area contributed by atoms with Gasteiger partial charge in [0, 0.05) is 48.3 Å². The van der Waals surface area contributed by atoms with Gasteiger partial charge in [0.25, 0.3) is 0 Å². The highest BCUT2D eigenvalue weighted by Gasteiger charge is 2.30. The van der Waals surface area contributed by atoms with Gasteiger partial charge in [-0.25, -0.2) is 4.72 Å². The Balaban J connectivity index is 1.17. The number of carbonyl (C=O) groups excluding carboxylic acids is 1. The van der Waals surface area contributed by atoms with Crippen LogP contribution in [0.4, 0.5) is 5.69 Å². The second-order valence-electron chi connectivity index (χ2n) is 7.61. The van der Waals surface area contributed by atoms with Crippen LogP contribution in [0.15, 0.2) is 41.3 Å². The first-order valence-corrected chi connectivity index (χ1v) is 11.0. The third kappa shape index (κ3) is 3.55. The van der Waals surface area contributed by atoms with Gasteiger partial charge in [-0.1, -0.05) is 35.9 Å². The van der Waals surface area contributed by atoms with E-state index in [1.807, 2.05) is 6.07 Å². The fourth-order valence-corrected chi connectivity index (χ4v) is 5.48. The summed E-state index contributed by atoms with van der Waals surface area (Å²) in [6.45, 7) is 5.24. The van der Waals surface area contributed by atoms with Gasteiger partial charge in [0.05, 0.1) is 12.6 Å². The molecule has 1 saturated heterocycles. The van der Waals surface area contributed by atoms with Crippen LogP contribution in [0.3, 0.4) is 0 Å². The van der Waals surface area contributed by atoms with E-state index < -0.39 is 0 Å². The zero-order chi connectivity index (χ0) is 19.1. The van der Waals surface area contributed by atoms with Crippen molar-refractivity contribution in [1.82, 2.24) is 14.5 Å². The number of rotatable bonds is 4. The Bertz CT molecular complexity index is 913. The fourth-order valence-electron chi connectivity index (χ4n) is 4.27. The van der Waals surface area contributed by atoms with E-state index in [2.05, 4.69) is 50.2 Å². The van der Waals surface area contributed by atoms with Gasteiger partial charge in [0.2, 0.25) is 5.91 Å². The van der Waals surface area contributed by atoms with Crippen molar-refractivity contribution in [3.63, 3.8) is 0 Å². The summed E-state index contributed by atoms with van der Waals surface area (Å²) < 4.78 is 3.57. The van der Waals surface area contributed by atoms with Crippen molar-refractivity contribution in [1.29, 1.82) is 0 Å². The summed E-state index contributed by atoms with van der Waals surface area (Å²) in [5.41, 5.74) is 4.48. The molecule has 2 aromatic carbocycles. The molecule has 0 aliphatic carbocycles. The van der Waals surface area contributed by atoms with E-state index in [9.17, 15) is 4.79 Å². The number of hydrogen-bond acceptors (Lipinski definition) is 5. The number of fused-ring (bicyclic) bond motifs is 2. The molecule has 0 aromatic heterocycles. The Morgan fingerprint density at radius 3 is 2.82 bits per heavy atom. The van der Waals surface area contributed by atoms with Crippen molar-refractivity contribution in [3.8, 4) is 0 Å². The molecule has 3 aliphatic rings. The number of anilines is 1. The molecule has 5 rings (SSSR count). The number of amides is 1. The second kappa shape index (κ2) is 7.69. The van der Waals surface area contributed by atoms with Gasteiger partial charge in [-0.05, 0) is 47.2 Å². The quantitative estimate of drug-likeness (QED) is 0.752. The first-order valence-electron chi connectivity index (χ1n) is 9.76.